The summed E-state index contributed by atoms with van der Waals surface area (Å²) in [7, 11) is 0. The zero-order valence-electron chi connectivity index (χ0n) is 11.3. The fourth-order valence-electron chi connectivity index (χ4n) is 1.44. The molecule has 0 aromatic heterocycles. The van der Waals surface area contributed by atoms with Crippen molar-refractivity contribution in [1.29, 1.82) is 0 Å². The van der Waals surface area contributed by atoms with Crippen molar-refractivity contribution in [3.05, 3.63) is 29.8 Å². The number of amides is 1. The van der Waals surface area contributed by atoms with Crippen LogP contribution in [-0.2, 0) is 4.79 Å². The molecule has 1 atom stereocenters. The molecule has 0 spiro atoms. The lowest BCUT2D eigenvalue weighted by Gasteiger charge is -2.21. The van der Waals surface area contributed by atoms with E-state index in [1.807, 2.05) is 0 Å². The van der Waals surface area contributed by atoms with Crippen molar-refractivity contribution in [2.24, 2.45) is 0 Å². The summed E-state index contributed by atoms with van der Waals surface area (Å²) in [6.07, 6.45) is -4.77. The van der Waals surface area contributed by atoms with Crippen LogP contribution in [0.15, 0.2) is 24.3 Å². The van der Waals surface area contributed by atoms with Crippen LogP contribution in [0.25, 0.3) is 0 Å². The van der Waals surface area contributed by atoms with Crippen LogP contribution in [-0.4, -0.2) is 23.0 Å². The standard InChI is InChI=1S/C13H16F3NO3/c1-8(17-11(18)12(2,3)19)9-5-4-6-10(7-9)20-13(14,15)16/h4-8,19H,1-3H3,(H,17,18). The molecule has 0 aliphatic heterocycles. The predicted octanol–water partition coefficient (Wildman–Crippen LogP) is 2.53. The van der Waals surface area contributed by atoms with Gasteiger partial charge in [-0.3, -0.25) is 4.79 Å². The second-order valence-electron chi connectivity index (χ2n) is 4.87. The van der Waals surface area contributed by atoms with Gasteiger partial charge in [0.15, 0.2) is 0 Å². The molecule has 20 heavy (non-hydrogen) atoms. The maximum atomic E-state index is 12.1. The van der Waals surface area contributed by atoms with Gasteiger partial charge in [0.25, 0.3) is 5.91 Å². The second-order valence-corrected chi connectivity index (χ2v) is 4.87. The lowest BCUT2D eigenvalue weighted by molar-refractivity contribution is -0.274. The van der Waals surface area contributed by atoms with E-state index in [1.54, 1.807) is 13.0 Å². The van der Waals surface area contributed by atoms with Gasteiger partial charge in [0, 0.05) is 0 Å². The molecule has 1 rings (SSSR count). The third-order valence-corrected chi connectivity index (χ3v) is 2.49. The molecule has 0 saturated carbocycles. The van der Waals surface area contributed by atoms with Crippen molar-refractivity contribution in [2.45, 2.75) is 38.8 Å². The summed E-state index contributed by atoms with van der Waals surface area (Å²) in [4.78, 5) is 11.6. The van der Waals surface area contributed by atoms with Crippen molar-refractivity contribution in [1.82, 2.24) is 5.32 Å². The number of nitrogens with one attached hydrogen (secondary N) is 1. The Labute approximate surface area is 114 Å². The van der Waals surface area contributed by atoms with Crippen LogP contribution in [0.2, 0.25) is 0 Å². The molecule has 1 aromatic rings. The molecule has 1 amide bonds. The quantitative estimate of drug-likeness (QED) is 0.896. The van der Waals surface area contributed by atoms with Gasteiger partial charge >= 0.3 is 6.36 Å². The maximum Gasteiger partial charge on any atom is 0.573 e. The van der Waals surface area contributed by atoms with Crippen LogP contribution in [0.1, 0.15) is 32.4 Å². The number of rotatable bonds is 4. The average Bonchev–Trinajstić information content (AvgIpc) is 2.25. The fraction of sp³-hybridized carbons (Fsp3) is 0.462. The monoisotopic (exact) mass is 291 g/mol. The Bertz CT molecular complexity index is 480. The van der Waals surface area contributed by atoms with E-state index in [4.69, 9.17) is 0 Å². The van der Waals surface area contributed by atoms with Crippen molar-refractivity contribution in [2.75, 3.05) is 0 Å². The van der Waals surface area contributed by atoms with Gasteiger partial charge in [-0.15, -0.1) is 13.2 Å². The number of hydrogen-bond donors (Lipinski definition) is 2. The van der Waals surface area contributed by atoms with Crippen LogP contribution < -0.4 is 10.1 Å². The number of hydrogen-bond acceptors (Lipinski definition) is 3. The molecular formula is C13H16F3NO3. The Hall–Kier alpha value is -1.76. The van der Waals surface area contributed by atoms with E-state index in [-0.39, 0.29) is 5.75 Å². The van der Waals surface area contributed by atoms with Crippen molar-refractivity contribution < 1.29 is 27.8 Å². The minimum Gasteiger partial charge on any atom is -0.406 e. The summed E-state index contributed by atoms with van der Waals surface area (Å²) in [5, 5.41) is 12.0. The van der Waals surface area contributed by atoms with E-state index in [9.17, 15) is 23.1 Å². The molecule has 0 radical (unpaired) electrons. The minimum absolute atomic E-state index is 0.362. The largest absolute Gasteiger partial charge is 0.573 e. The van der Waals surface area contributed by atoms with Gasteiger partial charge in [-0.25, -0.2) is 0 Å². The van der Waals surface area contributed by atoms with E-state index < -0.39 is 23.9 Å². The first-order chi connectivity index (χ1) is 8.99. The zero-order chi connectivity index (χ0) is 15.6. The van der Waals surface area contributed by atoms with E-state index >= 15 is 0 Å². The second kappa shape index (κ2) is 5.70. The van der Waals surface area contributed by atoms with Gasteiger partial charge in [-0.05, 0) is 38.5 Å². The van der Waals surface area contributed by atoms with Gasteiger partial charge in [-0.2, -0.15) is 0 Å². The number of halogens is 3. The molecule has 0 saturated heterocycles. The number of carbonyl (C=O) groups excluding carboxylic acids is 1. The highest BCUT2D eigenvalue weighted by molar-refractivity contribution is 5.84. The first-order valence-corrected chi connectivity index (χ1v) is 5.88. The molecule has 0 aliphatic carbocycles. The molecule has 112 valence electrons. The van der Waals surface area contributed by atoms with Gasteiger partial charge in [0.1, 0.15) is 11.4 Å². The summed E-state index contributed by atoms with van der Waals surface area (Å²) < 4.78 is 40.1. The highest BCUT2D eigenvalue weighted by Crippen LogP contribution is 2.25. The van der Waals surface area contributed by atoms with E-state index in [0.29, 0.717) is 5.56 Å². The normalized spacial score (nSPS) is 13.8. The van der Waals surface area contributed by atoms with Crippen LogP contribution in [0, 0.1) is 0 Å². The SMILES string of the molecule is CC(NC(=O)C(C)(C)O)c1cccc(OC(F)(F)F)c1. The highest BCUT2D eigenvalue weighted by atomic mass is 19.4. The third kappa shape index (κ3) is 5.08. The number of carbonyl (C=O) groups is 1. The maximum absolute atomic E-state index is 12.1. The fourth-order valence-corrected chi connectivity index (χ4v) is 1.44. The van der Waals surface area contributed by atoms with Crippen LogP contribution >= 0.6 is 0 Å². The molecule has 7 heteroatoms. The molecule has 1 aromatic carbocycles. The lowest BCUT2D eigenvalue weighted by Crippen LogP contribution is -2.42. The highest BCUT2D eigenvalue weighted by Gasteiger charge is 2.31. The van der Waals surface area contributed by atoms with Crippen molar-refractivity contribution >= 4 is 5.91 Å². The van der Waals surface area contributed by atoms with E-state index in [0.717, 1.165) is 0 Å². The number of alkyl halides is 3. The third-order valence-electron chi connectivity index (χ3n) is 2.49. The Balaban J connectivity index is 2.81. The molecule has 0 heterocycles. The van der Waals surface area contributed by atoms with Gasteiger partial charge < -0.3 is 15.2 Å². The summed E-state index contributed by atoms with van der Waals surface area (Å²) in [6, 6.07) is 4.73. The minimum atomic E-state index is -4.77. The summed E-state index contributed by atoms with van der Waals surface area (Å²) in [5.74, 6) is -0.980. The smallest absolute Gasteiger partial charge is 0.406 e. The average molecular weight is 291 g/mol. The Morgan fingerprint density at radius 3 is 2.45 bits per heavy atom. The van der Waals surface area contributed by atoms with Crippen LogP contribution in [0.5, 0.6) is 5.75 Å². The molecular weight excluding hydrogens is 275 g/mol. The van der Waals surface area contributed by atoms with Crippen molar-refractivity contribution in [3.63, 3.8) is 0 Å². The van der Waals surface area contributed by atoms with E-state index in [2.05, 4.69) is 10.1 Å². The number of benzene rings is 1. The topological polar surface area (TPSA) is 58.6 Å². The molecule has 0 fully saturated rings. The Morgan fingerprint density at radius 1 is 1.35 bits per heavy atom. The Morgan fingerprint density at radius 2 is 1.95 bits per heavy atom. The molecule has 0 bridgehead atoms. The number of ether oxygens (including phenoxy) is 1. The van der Waals surface area contributed by atoms with Gasteiger partial charge in [0.2, 0.25) is 0 Å². The zero-order valence-corrected chi connectivity index (χ0v) is 11.3. The molecule has 0 aliphatic rings. The lowest BCUT2D eigenvalue weighted by atomic mass is 10.1. The van der Waals surface area contributed by atoms with E-state index in [1.165, 1.54) is 32.0 Å². The summed E-state index contributed by atoms with van der Waals surface area (Å²) in [6.45, 7) is 4.23. The van der Waals surface area contributed by atoms with Crippen molar-refractivity contribution in [3.8, 4) is 5.75 Å². The van der Waals surface area contributed by atoms with Gasteiger partial charge in [-0.1, -0.05) is 12.1 Å². The summed E-state index contributed by atoms with van der Waals surface area (Å²) >= 11 is 0. The molecule has 1 unspecified atom stereocenters. The van der Waals surface area contributed by atoms with Gasteiger partial charge in [0.05, 0.1) is 6.04 Å². The first-order valence-electron chi connectivity index (χ1n) is 5.88. The molecule has 4 nitrogen and oxygen atoms in total. The molecule has 2 N–H and O–H groups in total. The Kier molecular flexibility index (Phi) is 4.65. The number of aliphatic hydroxyl groups is 1. The van der Waals surface area contributed by atoms with Crippen LogP contribution in [0.4, 0.5) is 13.2 Å². The summed E-state index contributed by atoms with van der Waals surface area (Å²) in [5.41, 5.74) is -1.13. The van der Waals surface area contributed by atoms with Crippen LogP contribution in [0.3, 0.4) is 0 Å². The first kappa shape index (κ1) is 16.3. The predicted molar refractivity (Wildman–Crippen MR) is 66.0 cm³/mol.